The molecule has 0 radical (unpaired) electrons. The summed E-state index contributed by atoms with van der Waals surface area (Å²) in [6, 6.07) is 8.02. The van der Waals surface area contributed by atoms with Crippen molar-refractivity contribution in [3.63, 3.8) is 0 Å². The number of halogens is 1. The van der Waals surface area contributed by atoms with Crippen molar-refractivity contribution in [2.45, 2.75) is 25.7 Å². The molecular weight excluding hydrogens is 374 g/mol. The molecule has 0 saturated heterocycles. The maximum atomic E-state index is 4.76. The summed E-state index contributed by atoms with van der Waals surface area (Å²) in [5.41, 5.74) is 1.91. The van der Waals surface area contributed by atoms with Gasteiger partial charge in [-0.2, -0.15) is 0 Å². The monoisotopic (exact) mass is 393 g/mol. The van der Waals surface area contributed by atoms with Gasteiger partial charge in [-0.3, -0.25) is 0 Å². The summed E-state index contributed by atoms with van der Waals surface area (Å²) in [6.45, 7) is 6.01. The van der Waals surface area contributed by atoms with Gasteiger partial charge in [0.25, 0.3) is 0 Å². The molecule has 3 nitrogen and oxygen atoms in total. The van der Waals surface area contributed by atoms with Crippen molar-refractivity contribution < 1.29 is 0 Å². The summed E-state index contributed by atoms with van der Waals surface area (Å²) in [4.78, 5) is 14.2. The molecule has 0 spiro atoms. The number of hydrogen-bond acceptors (Lipinski definition) is 3. The standard InChI is InChI=1S/C21H20BrN3/c1-3-9-15(4-2)19-23-20(16-10-6-5-7-11-16)25-21(24-19)17-12-8-13-18(22)14-17/h4-10,12-14,16H,2-3,11H2,1H3. The van der Waals surface area contributed by atoms with E-state index in [2.05, 4.69) is 53.7 Å². The minimum atomic E-state index is 0.172. The summed E-state index contributed by atoms with van der Waals surface area (Å²) < 4.78 is 1.00. The molecule has 4 heteroatoms. The second-order valence-corrected chi connectivity index (χ2v) is 6.69. The summed E-state index contributed by atoms with van der Waals surface area (Å²) in [7, 11) is 0. The van der Waals surface area contributed by atoms with Gasteiger partial charge in [0.15, 0.2) is 11.6 Å². The molecule has 1 aromatic carbocycles. The van der Waals surface area contributed by atoms with Crippen molar-refractivity contribution in [1.82, 2.24) is 15.0 Å². The normalized spacial score (nSPS) is 16.9. The molecule has 1 atom stereocenters. The Kier molecular flexibility index (Phi) is 5.71. The molecule has 0 N–H and O–H groups in total. The Morgan fingerprint density at radius 1 is 1.28 bits per heavy atom. The lowest BCUT2D eigenvalue weighted by atomic mass is 10.00. The zero-order valence-electron chi connectivity index (χ0n) is 14.2. The molecule has 126 valence electrons. The third kappa shape index (κ3) is 4.20. The fraction of sp³-hybridized carbons (Fsp3) is 0.190. The molecule has 0 aliphatic heterocycles. The van der Waals surface area contributed by atoms with Crippen molar-refractivity contribution in [1.29, 1.82) is 0 Å². The second kappa shape index (κ2) is 8.17. The van der Waals surface area contributed by atoms with E-state index in [4.69, 9.17) is 15.0 Å². The third-order valence-corrected chi connectivity index (χ3v) is 4.44. The van der Waals surface area contributed by atoms with E-state index in [9.17, 15) is 0 Å². The lowest BCUT2D eigenvalue weighted by Gasteiger charge is -2.14. The average Bonchev–Trinajstić information content (AvgIpc) is 2.66. The van der Waals surface area contributed by atoms with Gasteiger partial charge in [0, 0.05) is 21.5 Å². The number of hydrogen-bond donors (Lipinski definition) is 0. The van der Waals surface area contributed by atoms with Crippen LogP contribution in [-0.4, -0.2) is 15.0 Å². The van der Waals surface area contributed by atoms with E-state index in [1.165, 1.54) is 0 Å². The van der Waals surface area contributed by atoms with Crippen LogP contribution in [-0.2, 0) is 0 Å². The highest BCUT2D eigenvalue weighted by atomic mass is 79.9. The van der Waals surface area contributed by atoms with Gasteiger partial charge >= 0.3 is 0 Å². The first-order chi connectivity index (χ1) is 12.2. The summed E-state index contributed by atoms with van der Waals surface area (Å²) in [5.74, 6) is 2.34. The topological polar surface area (TPSA) is 38.7 Å². The molecule has 1 aromatic heterocycles. The number of rotatable bonds is 5. The van der Waals surface area contributed by atoms with Gasteiger partial charge in [-0.25, -0.2) is 15.0 Å². The first-order valence-electron chi connectivity index (χ1n) is 8.39. The molecule has 0 bridgehead atoms. The fourth-order valence-electron chi connectivity index (χ4n) is 2.70. The van der Waals surface area contributed by atoms with Crippen molar-refractivity contribution >= 4 is 21.5 Å². The van der Waals surface area contributed by atoms with Gasteiger partial charge in [0.2, 0.25) is 0 Å². The summed E-state index contributed by atoms with van der Waals surface area (Å²) in [6.07, 6.45) is 14.1. The lowest BCUT2D eigenvalue weighted by molar-refractivity contribution is 0.757. The summed E-state index contributed by atoms with van der Waals surface area (Å²) in [5, 5.41) is 0. The SMILES string of the molecule is C=CC(=CCC)c1nc(-c2cccc(Br)c2)nc(C2C=CC=CC2)n1. The van der Waals surface area contributed by atoms with Gasteiger partial charge in [0.1, 0.15) is 5.82 Å². The number of benzene rings is 1. The molecule has 1 aliphatic carbocycles. The van der Waals surface area contributed by atoms with Crippen LogP contribution in [0.1, 0.15) is 37.3 Å². The van der Waals surface area contributed by atoms with Crippen LogP contribution in [0.5, 0.6) is 0 Å². The van der Waals surface area contributed by atoms with E-state index in [-0.39, 0.29) is 5.92 Å². The minimum Gasteiger partial charge on any atom is -0.212 e. The van der Waals surface area contributed by atoms with Crippen LogP contribution in [0.3, 0.4) is 0 Å². The molecule has 0 fully saturated rings. The van der Waals surface area contributed by atoms with Gasteiger partial charge in [-0.1, -0.05) is 78.0 Å². The Morgan fingerprint density at radius 3 is 2.84 bits per heavy atom. The smallest absolute Gasteiger partial charge is 0.163 e. The minimum absolute atomic E-state index is 0.172. The highest BCUT2D eigenvalue weighted by Crippen LogP contribution is 2.27. The lowest BCUT2D eigenvalue weighted by Crippen LogP contribution is -2.09. The zero-order valence-corrected chi connectivity index (χ0v) is 15.8. The fourth-order valence-corrected chi connectivity index (χ4v) is 3.10. The van der Waals surface area contributed by atoms with Crippen LogP contribution in [0.4, 0.5) is 0 Å². The first kappa shape index (κ1) is 17.5. The van der Waals surface area contributed by atoms with Crippen LogP contribution < -0.4 is 0 Å². The molecule has 1 unspecified atom stereocenters. The maximum absolute atomic E-state index is 4.76. The van der Waals surface area contributed by atoms with Crippen LogP contribution in [0.25, 0.3) is 17.0 Å². The number of nitrogens with zero attached hydrogens (tertiary/aromatic N) is 3. The molecule has 3 rings (SSSR count). The predicted molar refractivity (Wildman–Crippen MR) is 107 cm³/mol. The van der Waals surface area contributed by atoms with E-state index in [1.807, 2.05) is 36.4 Å². The molecule has 0 amide bonds. The van der Waals surface area contributed by atoms with Crippen molar-refractivity contribution in [3.8, 4) is 11.4 Å². The molecule has 1 aliphatic rings. The quantitative estimate of drug-likeness (QED) is 0.595. The second-order valence-electron chi connectivity index (χ2n) is 5.78. The molecule has 1 heterocycles. The third-order valence-electron chi connectivity index (χ3n) is 3.95. The van der Waals surface area contributed by atoms with Gasteiger partial charge in [-0.05, 0) is 25.0 Å². The van der Waals surface area contributed by atoms with Crippen molar-refractivity contribution in [2.24, 2.45) is 0 Å². The number of aromatic nitrogens is 3. The first-order valence-corrected chi connectivity index (χ1v) is 9.18. The Hall–Kier alpha value is -2.33. The summed E-state index contributed by atoms with van der Waals surface area (Å²) >= 11 is 3.52. The maximum Gasteiger partial charge on any atom is 0.163 e. The van der Waals surface area contributed by atoms with E-state index in [0.29, 0.717) is 11.6 Å². The van der Waals surface area contributed by atoms with Crippen LogP contribution in [0, 0.1) is 0 Å². The van der Waals surface area contributed by atoms with Gasteiger partial charge in [-0.15, -0.1) is 0 Å². The Balaban J connectivity index is 2.14. The number of allylic oxidation sites excluding steroid dienone is 7. The molecular formula is C21H20BrN3. The Labute approximate surface area is 157 Å². The van der Waals surface area contributed by atoms with Gasteiger partial charge < -0.3 is 0 Å². The predicted octanol–water partition coefficient (Wildman–Crippen LogP) is 5.88. The highest BCUT2D eigenvalue weighted by Gasteiger charge is 2.17. The van der Waals surface area contributed by atoms with Crippen LogP contribution >= 0.6 is 15.9 Å². The van der Waals surface area contributed by atoms with Crippen LogP contribution in [0.15, 0.2) is 71.8 Å². The molecule has 0 saturated carbocycles. The zero-order chi connectivity index (χ0) is 17.6. The highest BCUT2D eigenvalue weighted by molar-refractivity contribution is 9.10. The van der Waals surface area contributed by atoms with E-state index >= 15 is 0 Å². The Bertz CT molecular complexity index is 865. The molecule has 2 aromatic rings. The van der Waals surface area contributed by atoms with Crippen molar-refractivity contribution in [3.05, 3.63) is 83.4 Å². The largest absolute Gasteiger partial charge is 0.212 e. The average molecular weight is 394 g/mol. The van der Waals surface area contributed by atoms with E-state index < -0.39 is 0 Å². The van der Waals surface area contributed by atoms with E-state index in [1.54, 1.807) is 0 Å². The Morgan fingerprint density at radius 2 is 2.16 bits per heavy atom. The molecule has 25 heavy (non-hydrogen) atoms. The van der Waals surface area contributed by atoms with Crippen molar-refractivity contribution in [2.75, 3.05) is 0 Å². The van der Waals surface area contributed by atoms with Crippen LogP contribution in [0.2, 0.25) is 0 Å². The van der Waals surface area contributed by atoms with Gasteiger partial charge in [0.05, 0.1) is 0 Å². The van der Waals surface area contributed by atoms with E-state index in [0.717, 1.165) is 34.3 Å².